The molecular formula is C30H32FN5OS. The van der Waals surface area contributed by atoms with Crippen molar-refractivity contribution in [2.75, 3.05) is 31.1 Å². The highest BCUT2D eigenvalue weighted by molar-refractivity contribution is 7.98. The molecule has 4 aromatic rings. The fourth-order valence-corrected chi connectivity index (χ4v) is 5.72. The van der Waals surface area contributed by atoms with E-state index in [-0.39, 0.29) is 17.6 Å². The lowest BCUT2D eigenvalue weighted by atomic mass is 10.1. The van der Waals surface area contributed by atoms with Gasteiger partial charge in [0.25, 0.3) is 5.91 Å². The second kappa shape index (κ2) is 11.8. The summed E-state index contributed by atoms with van der Waals surface area (Å²) in [6.07, 6.45) is 0. The summed E-state index contributed by atoms with van der Waals surface area (Å²) in [7, 11) is 0. The van der Waals surface area contributed by atoms with Crippen molar-refractivity contribution in [2.24, 2.45) is 0 Å². The van der Waals surface area contributed by atoms with Crippen molar-refractivity contribution in [3.63, 3.8) is 0 Å². The van der Waals surface area contributed by atoms with Gasteiger partial charge in [-0.05, 0) is 29.3 Å². The summed E-state index contributed by atoms with van der Waals surface area (Å²) in [5.41, 5.74) is 3.47. The molecule has 3 aromatic carbocycles. The van der Waals surface area contributed by atoms with Crippen molar-refractivity contribution in [3.8, 4) is 0 Å². The van der Waals surface area contributed by atoms with Crippen LogP contribution in [-0.2, 0) is 12.3 Å². The summed E-state index contributed by atoms with van der Waals surface area (Å²) in [6, 6.07) is 24.9. The highest BCUT2D eigenvalue weighted by atomic mass is 32.2. The minimum absolute atomic E-state index is 0.0167. The largest absolute Gasteiger partial charge is 0.366 e. The maximum Gasteiger partial charge on any atom is 0.254 e. The molecule has 0 radical (unpaired) electrons. The molecule has 1 saturated heterocycles. The molecule has 1 aliphatic heterocycles. The van der Waals surface area contributed by atoms with E-state index in [1.807, 2.05) is 58.3 Å². The van der Waals surface area contributed by atoms with Crippen LogP contribution < -0.4 is 4.90 Å². The molecule has 196 valence electrons. The average molecular weight is 530 g/mol. The van der Waals surface area contributed by atoms with Crippen molar-refractivity contribution in [3.05, 3.63) is 107 Å². The van der Waals surface area contributed by atoms with Gasteiger partial charge < -0.3 is 14.4 Å². The number of rotatable bonds is 8. The first-order valence-electron chi connectivity index (χ1n) is 13.0. The average Bonchev–Trinajstić information content (AvgIpc) is 3.35. The van der Waals surface area contributed by atoms with Crippen LogP contribution in [0.5, 0.6) is 0 Å². The van der Waals surface area contributed by atoms with Crippen LogP contribution in [0, 0.1) is 5.82 Å². The summed E-state index contributed by atoms with van der Waals surface area (Å²) in [5, 5.41) is 9.83. The number of benzene rings is 3. The number of piperazine rings is 1. The van der Waals surface area contributed by atoms with Crippen LogP contribution in [0.1, 0.15) is 47.1 Å². The minimum atomic E-state index is -0.226. The molecule has 1 aliphatic rings. The Hall–Kier alpha value is -3.65. The van der Waals surface area contributed by atoms with E-state index in [1.165, 1.54) is 11.6 Å². The standard InChI is InChI=1S/C30H32FN5OS/c1-22(2)28-32-33-30(36(28)20-23-10-4-3-5-11-23)38-21-24-12-6-7-13-25(24)29(37)35-18-16-34(17-19-35)27-15-9-8-14-26(27)31/h3-15,22H,16-21H2,1-2H3. The Labute approximate surface area is 227 Å². The molecule has 0 unspecified atom stereocenters. The van der Waals surface area contributed by atoms with Crippen molar-refractivity contribution in [2.45, 2.75) is 37.2 Å². The number of nitrogens with zero attached hydrogens (tertiary/aromatic N) is 5. The molecule has 0 spiro atoms. The Morgan fingerprint density at radius 2 is 1.58 bits per heavy atom. The Morgan fingerprint density at radius 1 is 0.895 bits per heavy atom. The van der Waals surface area contributed by atoms with Gasteiger partial charge in [0.1, 0.15) is 11.6 Å². The molecule has 0 bridgehead atoms. The molecule has 1 aromatic heterocycles. The van der Waals surface area contributed by atoms with E-state index in [4.69, 9.17) is 0 Å². The number of anilines is 1. The first-order chi connectivity index (χ1) is 18.5. The number of para-hydroxylation sites is 1. The van der Waals surface area contributed by atoms with Gasteiger partial charge >= 0.3 is 0 Å². The molecule has 1 fully saturated rings. The lowest BCUT2D eigenvalue weighted by Gasteiger charge is -2.36. The molecule has 0 saturated carbocycles. The summed E-state index contributed by atoms with van der Waals surface area (Å²) in [5.74, 6) is 1.60. The Balaban J connectivity index is 1.28. The zero-order chi connectivity index (χ0) is 26.5. The van der Waals surface area contributed by atoms with Gasteiger partial charge in [-0.3, -0.25) is 4.79 Å². The third kappa shape index (κ3) is 5.75. The maximum atomic E-state index is 14.2. The predicted molar refractivity (Wildman–Crippen MR) is 150 cm³/mol. The number of carbonyl (C=O) groups is 1. The van der Waals surface area contributed by atoms with Crippen LogP contribution in [-0.4, -0.2) is 51.8 Å². The summed E-state index contributed by atoms with van der Waals surface area (Å²) >= 11 is 1.60. The number of hydrogen-bond donors (Lipinski definition) is 0. The second-order valence-corrected chi connectivity index (χ2v) is 10.7. The lowest BCUT2D eigenvalue weighted by Crippen LogP contribution is -2.49. The number of hydrogen-bond acceptors (Lipinski definition) is 5. The predicted octanol–water partition coefficient (Wildman–Crippen LogP) is 5.84. The second-order valence-electron chi connectivity index (χ2n) is 9.74. The third-order valence-corrected chi connectivity index (χ3v) is 7.83. The number of aromatic nitrogens is 3. The number of thioether (sulfide) groups is 1. The zero-order valence-corrected chi connectivity index (χ0v) is 22.6. The van der Waals surface area contributed by atoms with E-state index in [1.54, 1.807) is 23.9 Å². The van der Waals surface area contributed by atoms with Gasteiger partial charge in [0.15, 0.2) is 5.16 Å². The summed E-state index contributed by atoms with van der Waals surface area (Å²) in [6.45, 7) is 7.26. The van der Waals surface area contributed by atoms with Crippen molar-refractivity contribution < 1.29 is 9.18 Å². The quantitative estimate of drug-likeness (QED) is 0.268. The van der Waals surface area contributed by atoms with Crippen LogP contribution >= 0.6 is 11.8 Å². The summed E-state index contributed by atoms with van der Waals surface area (Å²) < 4.78 is 16.4. The highest BCUT2D eigenvalue weighted by Gasteiger charge is 2.25. The number of amides is 1. The monoisotopic (exact) mass is 529 g/mol. The molecule has 0 N–H and O–H groups in total. The zero-order valence-electron chi connectivity index (χ0n) is 21.8. The van der Waals surface area contributed by atoms with Crippen LogP contribution in [0.25, 0.3) is 0 Å². The number of halogens is 1. The Morgan fingerprint density at radius 3 is 2.32 bits per heavy atom. The first-order valence-corrected chi connectivity index (χ1v) is 14.0. The van der Waals surface area contributed by atoms with Gasteiger partial charge in [-0.15, -0.1) is 10.2 Å². The van der Waals surface area contributed by atoms with Crippen LogP contribution in [0.15, 0.2) is 84.0 Å². The van der Waals surface area contributed by atoms with Crippen LogP contribution in [0.3, 0.4) is 0 Å². The molecule has 5 rings (SSSR count). The fraction of sp³-hybridized carbons (Fsp3) is 0.300. The van der Waals surface area contributed by atoms with Crippen molar-refractivity contribution in [1.82, 2.24) is 19.7 Å². The van der Waals surface area contributed by atoms with Crippen molar-refractivity contribution >= 4 is 23.4 Å². The van der Waals surface area contributed by atoms with E-state index >= 15 is 0 Å². The molecule has 1 amide bonds. The maximum absolute atomic E-state index is 14.2. The van der Waals surface area contributed by atoms with Crippen LogP contribution in [0.2, 0.25) is 0 Å². The molecule has 2 heterocycles. The molecule has 8 heteroatoms. The van der Waals surface area contributed by atoms with E-state index in [0.717, 1.165) is 16.5 Å². The Bertz CT molecular complexity index is 1380. The van der Waals surface area contributed by atoms with Gasteiger partial charge in [-0.25, -0.2) is 4.39 Å². The molecule has 6 nitrogen and oxygen atoms in total. The fourth-order valence-electron chi connectivity index (χ4n) is 4.77. The van der Waals surface area contributed by atoms with E-state index in [9.17, 15) is 9.18 Å². The van der Waals surface area contributed by atoms with Gasteiger partial charge in [0.2, 0.25) is 0 Å². The molecule has 0 aliphatic carbocycles. The molecule has 38 heavy (non-hydrogen) atoms. The Kier molecular flexibility index (Phi) is 8.08. The summed E-state index contributed by atoms with van der Waals surface area (Å²) in [4.78, 5) is 17.4. The van der Waals surface area contributed by atoms with E-state index in [2.05, 4.69) is 40.7 Å². The van der Waals surface area contributed by atoms with Gasteiger partial charge in [-0.1, -0.05) is 86.3 Å². The van der Waals surface area contributed by atoms with Gasteiger partial charge in [-0.2, -0.15) is 0 Å². The topological polar surface area (TPSA) is 54.3 Å². The van der Waals surface area contributed by atoms with Gasteiger partial charge in [0, 0.05) is 43.4 Å². The normalized spacial score (nSPS) is 13.8. The van der Waals surface area contributed by atoms with E-state index in [0.29, 0.717) is 49.7 Å². The van der Waals surface area contributed by atoms with Gasteiger partial charge in [0.05, 0.1) is 12.2 Å². The van der Waals surface area contributed by atoms with Crippen molar-refractivity contribution in [1.29, 1.82) is 0 Å². The number of carbonyl (C=O) groups excluding carboxylic acids is 1. The first kappa shape index (κ1) is 26.0. The highest BCUT2D eigenvalue weighted by Crippen LogP contribution is 2.28. The molecular weight excluding hydrogens is 497 g/mol. The van der Waals surface area contributed by atoms with E-state index < -0.39 is 0 Å². The smallest absolute Gasteiger partial charge is 0.254 e. The third-order valence-electron chi connectivity index (χ3n) is 6.81. The minimum Gasteiger partial charge on any atom is -0.366 e. The lowest BCUT2D eigenvalue weighted by molar-refractivity contribution is 0.0746. The van der Waals surface area contributed by atoms with Crippen LogP contribution in [0.4, 0.5) is 10.1 Å². The SMILES string of the molecule is CC(C)c1nnc(SCc2ccccc2C(=O)N2CCN(c3ccccc3F)CC2)n1Cc1ccccc1. The molecule has 0 atom stereocenters.